The van der Waals surface area contributed by atoms with Crippen LogP contribution in [0.5, 0.6) is 5.75 Å². The van der Waals surface area contributed by atoms with Crippen LogP contribution in [0.1, 0.15) is 38.8 Å². The molecular formula is C18H21NO4. The van der Waals surface area contributed by atoms with Crippen molar-refractivity contribution in [3.63, 3.8) is 0 Å². The Morgan fingerprint density at radius 1 is 0.913 bits per heavy atom. The molecule has 0 atom stereocenters. The zero-order valence-corrected chi connectivity index (χ0v) is 13.7. The molecule has 0 aliphatic rings. The van der Waals surface area contributed by atoms with Gasteiger partial charge < -0.3 is 9.84 Å². The number of nitrogens with zero attached hydrogens (tertiary/aromatic N) is 1. The Kier molecular flexibility index (Phi) is 4.43. The third-order valence-electron chi connectivity index (χ3n) is 3.71. The predicted octanol–water partition coefficient (Wildman–Crippen LogP) is 4.14. The van der Waals surface area contributed by atoms with Crippen molar-refractivity contribution < 1.29 is 14.8 Å². The van der Waals surface area contributed by atoms with E-state index in [4.69, 9.17) is 4.74 Å². The summed E-state index contributed by atoms with van der Waals surface area (Å²) in [6.07, 6.45) is 0. The fraction of sp³-hybridized carbons (Fsp3) is 0.333. The van der Waals surface area contributed by atoms with Crippen LogP contribution in [0, 0.1) is 10.1 Å². The number of aliphatic hydroxyl groups is 1. The summed E-state index contributed by atoms with van der Waals surface area (Å²) < 4.78 is 6.00. The quantitative estimate of drug-likeness (QED) is 0.665. The fourth-order valence-corrected chi connectivity index (χ4v) is 2.27. The first-order chi connectivity index (χ1) is 10.6. The lowest BCUT2D eigenvalue weighted by Crippen LogP contribution is -2.25. The van der Waals surface area contributed by atoms with Crippen molar-refractivity contribution in [3.8, 4) is 5.75 Å². The zero-order valence-electron chi connectivity index (χ0n) is 13.7. The second-order valence-electron chi connectivity index (χ2n) is 6.50. The van der Waals surface area contributed by atoms with Crippen molar-refractivity contribution in [2.75, 3.05) is 0 Å². The lowest BCUT2D eigenvalue weighted by atomic mass is 9.97. The third-order valence-corrected chi connectivity index (χ3v) is 3.71. The average Bonchev–Trinajstić information content (AvgIpc) is 2.46. The van der Waals surface area contributed by atoms with Gasteiger partial charge in [0, 0.05) is 12.1 Å². The number of benzene rings is 2. The number of ether oxygens (including phenoxy) is 1. The molecule has 23 heavy (non-hydrogen) atoms. The molecule has 122 valence electrons. The SMILES string of the molecule is CC(C)(O)c1ccc(OC(C)(C)c2ccc([N+](=O)[O-])cc2)cc1. The number of hydrogen-bond donors (Lipinski definition) is 1. The number of non-ortho nitro benzene ring substituents is 1. The lowest BCUT2D eigenvalue weighted by Gasteiger charge is -2.27. The van der Waals surface area contributed by atoms with E-state index >= 15 is 0 Å². The first kappa shape index (κ1) is 17.0. The van der Waals surface area contributed by atoms with Crippen molar-refractivity contribution in [1.82, 2.24) is 0 Å². The molecule has 5 nitrogen and oxygen atoms in total. The second-order valence-corrected chi connectivity index (χ2v) is 6.50. The molecule has 5 heteroatoms. The highest BCUT2D eigenvalue weighted by atomic mass is 16.6. The summed E-state index contributed by atoms with van der Waals surface area (Å²) >= 11 is 0. The minimum absolute atomic E-state index is 0.0547. The van der Waals surface area contributed by atoms with E-state index in [1.54, 1.807) is 38.1 Å². The number of nitro groups is 1. The Morgan fingerprint density at radius 3 is 1.83 bits per heavy atom. The van der Waals surface area contributed by atoms with E-state index in [0.717, 1.165) is 11.1 Å². The van der Waals surface area contributed by atoms with E-state index in [2.05, 4.69) is 0 Å². The van der Waals surface area contributed by atoms with Gasteiger partial charge in [-0.1, -0.05) is 12.1 Å². The van der Waals surface area contributed by atoms with Gasteiger partial charge in [0.25, 0.3) is 5.69 Å². The average molecular weight is 315 g/mol. The van der Waals surface area contributed by atoms with E-state index in [1.807, 2.05) is 26.0 Å². The minimum atomic E-state index is -0.896. The summed E-state index contributed by atoms with van der Waals surface area (Å²) in [5, 5.41) is 20.7. The highest BCUT2D eigenvalue weighted by molar-refractivity contribution is 5.36. The molecule has 0 radical (unpaired) electrons. The molecule has 2 aromatic carbocycles. The number of nitro benzene ring substituents is 1. The van der Waals surface area contributed by atoms with Gasteiger partial charge in [0.2, 0.25) is 0 Å². The van der Waals surface area contributed by atoms with Crippen molar-refractivity contribution >= 4 is 5.69 Å². The topological polar surface area (TPSA) is 72.6 Å². The molecule has 0 fully saturated rings. The molecule has 0 aromatic heterocycles. The number of hydrogen-bond acceptors (Lipinski definition) is 4. The Labute approximate surface area is 135 Å². The van der Waals surface area contributed by atoms with Gasteiger partial charge in [-0.05, 0) is 63.1 Å². The fourth-order valence-electron chi connectivity index (χ4n) is 2.27. The molecule has 0 saturated carbocycles. The van der Waals surface area contributed by atoms with E-state index in [-0.39, 0.29) is 5.69 Å². The highest BCUT2D eigenvalue weighted by Gasteiger charge is 2.24. The van der Waals surface area contributed by atoms with Crippen LogP contribution < -0.4 is 4.74 Å². The van der Waals surface area contributed by atoms with Gasteiger partial charge in [0.05, 0.1) is 10.5 Å². The van der Waals surface area contributed by atoms with Crippen molar-refractivity contribution in [2.45, 2.75) is 38.9 Å². The van der Waals surface area contributed by atoms with Crippen LogP contribution in [0.3, 0.4) is 0 Å². The molecule has 2 aromatic rings. The summed E-state index contributed by atoms with van der Waals surface area (Å²) in [6.45, 7) is 7.25. The van der Waals surface area contributed by atoms with Gasteiger partial charge in [-0.2, -0.15) is 0 Å². The van der Waals surface area contributed by atoms with Crippen molar-refractivity contribution in [2.24, 2.45) is 0 Å². The molecule has 0 aliphatic heterocycles. The second kappa shape index (κ2) is 6.01. The molecule has 2 rings (SSSR count). The largest absolute Gasteiger partial charge is 0.483 e. The normalized spacial score (nSPS) is 12.0. The van der Waals surface area contributed by atoms with E-state index in [9.17, 15) is 15.2 Å². The molecular weight excluding hydrogens is 294 g/mol. The molecule has 1 N–H and O–H groups in total. The Bertz CT molecular complexity index is 682. The van der Waals surface area contributed by atoms with Gasteiger partial charge in [-0.3, -0.25) is 10.1 Å². The Hall–Kier alpha value is -2.40. The highest BCUT2D eigenvalue weighted by Crippen LogP contribution is 2.30. The predicted molar refractivity (Wildman–Crippen MR) is 88.4 cm³/mol. The van der Waals surface area contributed by atoms with Crippen molar-refractivity contribution in [3.05, 3.63) is 69.8 Å². The number of rotatable bonds is 5. The van der Waals surface area contributed by atoms with Gasteiger partial charge in [0.15, 0.2) is 0 Å². The van der Waals surface area contributed by atoms with E-state index < -0.39 is 16.1 Å². The summed E-state index contributed by atoms with van der Waals surface area (Å²) in [5.74, 6) is 0.668. The summed E-state index contributed by atoms with van der Waals surface area (Å²) in [6, 6.07) is 13.6. The first-order valence-electron chi connectivity index (χ1n) is 7.36. The van der Waals surface area contributed by atoms with Crippen LogP contribution >= 0.6 is 0 Å². The maximum absolute atomic E-state index is 10.7. The zero-order chi connectivity index (χ0) is 17.3. The van der Waals surface area contributed by atoms with Gasteiger partial charge >= 0.3 is 0 Å². The van der Waals surface area contributed by atoms with Crippen LogP contribution in [-0.2, 0) is 11.2 Å². The van der Waals surface area contributed by atoms with Crippen LogP contribution in [0.4, 0.5) is 5.69 Å². The first-order valence-corrected chi connectivity index (χ1v) is 7.36. The molecule has 0 bridgehead atoms. The molecule has 0 unspecified atom stereocenters. The molecule has 0 saturated heterocycles. The molecule has 0 amide bonds. The van der Waals surface area contributed by atoms with Crippen LogP contribution in [0.15, 0.2) is 48.5 Å². The monoisotopic (exact) mass is 315 g/mol. The van der Waals surface area contributed by atoms with Gasteiger partial charge in [-0.15, -0.1) is 0 Å². The summed E-state index contributed by atoms with van der Waals surface area (Å²) in [5.41, 5.74) is 0.171. The molecule has 0 heterocycles. The Morgan fingerprint density at radius 2 is 1.39 bits per heavy atom. The summed E-state index contributed by atoms with van der Waals surface area (Å²) in [4.78, 5) is 10.3. The minimum Gasteiger partial charge on any atom is -0.483 e. The maximum atomic E-state index is 10.7. The third kappa shape index (κ3) is 4.07. The Balaban J connectivity index is 2.18. The van der Waals surface area contributed by atoms with Gasteiger partial charge in [0.1, 0.15) is 11.4 Å². The summed E-state index contributed by atoms with van der Waals surface area (Å²) in [7, 11) is 0. The van der Waals surface area contributed by atoms with Crippen LogP contribution in [0.25, 0.3) is 0 Å². The van der Waals surface area contributed by atoms with Crippen molar-refractivity contribution in [1.29, 1.82) is 0 Å². The maximum Gasteiger partial charge on any atom is 0.269 e. The van der Waals surface area contributed by atoms with E-state index in [1.165, 1.54) is 12.1 Å². The van der Waals surface area contributed by atoms with Crippen LogP contribution in [-0.4, -0.2) is 10.0 Å². The van der Waals surface area contributed by atoms with Gasteiger partial charge in [-0.25, -0.2) is 0 Å². The van der Waals surface area contributed by atoms with E-state index in [0.29, 0.717) is 5.75 Å². The van der Waals surface area contributed by atoms with Crippen LogP contribution in [0.2, 0.25) is 0 Å². The smallest absolute Gasteiger partial charge is 0.269 e. The molecule has 0 spiro atoms. The standard InChI is InChI=1S/C18H21NO4/c1-17(2,20)13-7-11-16(12-8-13)23-18(3,4)14-5-9-15(10-6-14)19(21)22/h5-12,20H,1-4H3. The lowest BCUT2D eigenvalue weighted by molar-refractivity contribution is -0.384. The molecule has 0 aliphatic carbocycles.